The fourth-order valence-electron chi connectivity index (χ4n) is 7.56. The summed E-state index contributed by atoms with van der Waals surface area (Å²) in [6, 6.07) is 16.0. The van der Waals surface area contributed by atoms with Gasteiger partial charge in [-0.1, -0.05) is 29.8 Å². The second-order valence-corrected chi connectivity index (χ2v) is 11.7. The maximum absolute atomic E-state index is 11.4. The molecule has 4 aliphatic rings. The van der Waals surface area contributed by atoms with E-state index < -0.39 is 5.97 Å². The molecule has 0 aliphatic heterocycles. The van der Waals surface area contributed by atoms with Crippen LogP contribution >= 0.6 is 11.6 Å². The third-order valence-corrected chi connectivity index (χ3v) is 9.24. The van der Waals surface area contributed by atoms with Crippen molar-refractivity contribution in [1.29, 1.82) is 0 Å². The van der Waals surface area contributed by atoms with Gasteiger partial charge in [0, 0.05) is 12.7 Å². The highest BCUT2D eigenvalue weighted by Gasteiger charge is 2.52. The van der Waals surface area contributed by atoms with Gasteiger partial charge in [0.05, 0.1) is 10.6 Å². The van der Waals surface area contributed by atoms with Crippen molar-refractivity contribution in [3.8, 4) is 16.9 Å². The molecule has 194 valence electrons. The van der Waals surface area contributed by atoms with Gasteiger partial charge in [-0.3, -0.25) is 0 Å². The van der Waals surface area contributed by atoms with Gasteiger partial charge >= 0.3 is 5.97 Å². The number of carbonyl (C=O) groups is 1. The highest BCUT2D eigenvalue weighted by atomic mass is 35.5. The van der Waals surface area contributed by atoms with E-state index in [2.05, 4.69) is 24.3 Å². The Balaban J connectivity index is 1.41. The fraction of sp³-hybridized carbons (Fsp3) is 0.452. The summed E-state index contributed by atoms with van der Waals surface area (Å²) in [6.45, 7) is 2.01. The molecule has 4 bridgehead atoms. The van der Waals surface area contributed by atoms with Gasteiger partial charge in [0.1, 0.15) is 5.75 Å². The Labute approximate surface area is 222 Å². The minimum Gasteiger partial charge on any atom is -0.478 e. The molecule has 4 fully saturated rings. The normalized spacial score (nSPS) is 26.9. The van der Waals surface area contributed by atoms with Crippen LogP contribution in [0.25, 0.3) is 21.9 Å². The Bertz CT molecular complexity index is 1310. The van der Waals surface area contributed by atoms with Gasteiger partial charge < -0.3 is 19.3 Å². The number of rotatable bonds is 8. The average Bonchev–Trinajstić information content (AvgIpc) is 2.86. The van der Waals surface area contributed by atoms with Crippen LogP contribution in [0.3, 0.4) is 0 Å². The SMILES string of the molecule is COC(C)OCOc1cc2ccc(-c3ccc(C(=O)O)c(Cl)c3)cc2cc1C12CC3CC(CC(C3)C1)C2. The second kappa shape index (κ2) is 9.61. The quantitative estimate of drug-likeness (QED) is 0.309. The minimum atomic E-state index is -1.02. The van der Waals surface area contributed by atoms with Crippen molar-refractivity contribution in [2.75, 3.05) is 13.9 Å². The Morgan fingerprint density at radius 1 is 0.973 bits per heavy atom. The molecule has 1 atom stereocenters. The molecular formula is C31H33ClO5. The van der Waals surface area contributed by atoms with Crippen molar-refractivity contribution in [3.63, 3.8) is 0 Å². The summed E-state index contributed by atoms with van der Waals surface area (Å²) in [5.41, 5.74) is 3.49. The highest BCUT2D eigenvalue weighted by molar-refractivity contribution is 6.33. The molecule has 0 aromatic heterocycles. The predicted octanol–water partition coefficient (Wildman–Crippen LogP) is 7.67. The van der Waals surface area contributed by atoms with Gasteiger partial charge in [-0.2, -0.15) is 0 Å². The van der Waals surface area contributed by atoms with Crippen molar-refractivity contribution in [1.82, 2.24) is 0 Å². The van der Waals surface area contributed by atoms with E-state index in [0.717, 1.165) is 45.4 Å². The van der Waals surface area contributed by atoms with Gasteiger partial charge in [-0.25, -0.2) is 4.79 Å². The van der Waals surface area contributed by atoms with Crippen molar-refractivity contribution in [2.24, 2.45) is 17.8 Å². The summed E-state index contributed by atoms with van der Waals surface area (Å²) in [4.78, 5) is 11.4. The Hall–Kier alpha value is -2.60. The van der Waals surface area contributed by atoms with E-state index in [9.17, 15) is 9.90 Å². The topological polar surface area (TPSA) is 65.0 Å². The summed E-state index contributed by atoms with van der Waals surface area (Å²) < 4.78 is 17.2. The lowest BCUT2D eigenvalue weighted by Gasteiger charge is -2.57. The zero-order valence-corrected chi connectivity index (χ0v) is 22.1. The number of benzene rings is 3. The molecule has 5 nitrogen and oxygen atoms in total. The zero-order chi connectivity index (χ0) is 25.7. The lowest BCUT2D eigenvalue weighted by molar-refractivity contribution is -0.150. The predicted molar refractivity (Wildman–Crippen MR) is 144 cm³/mol. The molecule has 1 unspecified atom stereocenters. The largest absolute Gasteiger partial charge is 0.478 e. The first-order valence-electron chi connectivity index (χ1n) is 13.2. The number of fused-ring (bicyclic) bond motifs is 1. The molecule has 4 saturated carbocycles. The van der Waals surface area contributed by atoms with E-state index in [0.29, 0.717) is 0 Å². The maximum Gasteiger partial charge on any atom is 0.337 e. The van der Waals surface area contributed by atoms with E-state index in [1.807, 2.05) is 19.1 Å². The third-order valence-electron chi connectivity index (χ3n) is 8.93. The van der Waals surface area contributed by atoms with E-state index in [1.165, 1.54) is 44.1 Å². The Morgan fingerprint density at radius 3 is 2.24 bits per heavy atom. The monoisotopic (exact) mass is 520 g/mol. The molecule has 1 N–H and O–H groups in total. The van der Waals surface area contributed by atoms with E-state index in [1.54, 1.807) is 19.2 Å². The van der Waals surface area contributed by atoms with Crippen molar-refractivity contribution in [3.05, 3.63) is 64.7 Å². The molecule has 0 amide bonds. The van der Waals surface area contributed by atoms with E-state index >= 15 is 0 Å². The summed E-state index contributed by atoms with van der Waals surface area (Å²) >= 11 is 6.28. The Morgan fingerprint density at radius 2 is 1.62 bits per heavy atom. The number of hydrogen-bond donors (Lipinski definition) is 1. The average molecular weight is 521 g/mol. The van der Waals surface area contributed by atoms with Crippen LogP contribution in [0.1, 0.15) is 61.4 Å². The molecule has 6 heteroatoms. The van der Waals surface area contributed by atoms with E-state index in [4.69, 9.17) is 25.8 Å². The number of carboxylic acid groups (broad SMARTS) is 1. The molecular weight excluding hydrogens is 488 g/mol. The number of carboxylic acids is 1. The molecule has 0 radical (unpaired) electrons. The number of halogens is 1. The molecule has 3 aromatic rings. The number of aromatic carboxylic acids is 1. The van der Waals surface area contributed by atoms with Crippen LogP contribution in [-0.2, 0) is 14.9 Å². The zero-order valence-electron chi connectivity index (χ0n) is 21.3. The molecule has 7 rings (SSSR count). The number of ether oxygens (including phenoxy) is 3. The lowest BCUT2D eigenvalue weighted by Crippen LogP contribution is -2.48. The van der Waals surface area contributed by atoms with Crippen LogP contribution in [-0.4, -0.2) is 31.3 Å². The van der Waals surface area contributed by atoms with Crippen LogP contribution in [0.2, 0.25) is 5.02 Å². The fourth-order valence-corrected chi connectivity index (χ4v) is 7.82. The van der Waals surface area contributed by atoms with Crippen LogP contribution in [0, 0.1) is 17.8 Å². The molecule has 4 aliphatic carbocycles. The van der Waals surface area contributed by atoms with Gasteiger partial charge in [-0.05, 0) is 121 Å². The van der Waals surface area contributed by atoms with Gasteiger partial charge in [0.2, 0.25) is 0 Å². The third kappa shape index (κ3) is 4.62. The first-order chi connectivity index (χ1) is 17.8. The maximum atomic E-state index is 11.4. The van der Waals surface area contributed by atoms with Crippen molar-refractivity contribution in [2.45, 2.75) is 57.2 Å². The van der Waals surface area contributed by atoms with Crippen molar-refractivity contribution < 1.29 is 24.1 Å². The van der Waals surface area contributed by atoms with Crippen LogP contribution in [0.15, 0.2) is 48.5 Å². The summed E-state index contributed by atoms with van der Waals surface area (Å²) in [5.74, 6) is 2.35. The standard InChI is InChI=1S/C31H33ClO5/c1-18(35-2)36-17-37-29-13-24-4-3-22(23-5-6-26(30(33)34)28(32)12-23)10-25(24)11-27(29)31-14-19-7-20(15-31)9-21(8-19)16-31/h3-6,10-13,18-21H,7-9,14-17H2,1-2H3,(H,33,34). The molecule has 3 aromatic carbocycles. The van der Waals surface area contributed by atoms with Crippen LogP contribution in [0.5, 0.6) is 5.75 Å². The van der Waals surface area contributed by atoms with Crippen LogP contribution < -0.4 is 4.74 Å². The molecule has 0 saturated heterocycles. The Kier molecular flexibility index (Phi) is 6.42. The molecule has 0 spiro atoms. The minimum absolute atomic E-state index is 0.113. The van der Waals surface area contributed by atoms with Gasteiger partial charge in [0.15, 0.2) is 13.1 Å². The lowest BCUT2D eigenvalue weighted by atomic mass is 9.48. The van der Waals surface area contributed by atoms with Gasteiger partial charge in [0.25, 0.3) is 0 Å². The first kappa shape index (κ1) is 24.7. The van der Waals surface area contributed by atoms with E-state index in [-0.39, 0.29) is 29.1 Å². The second-order valence-electron chi connectivity index (χ2n) is 11.3. The highest BCUT2D eigenvalue weighted by Crippen LogP contribution is 2.62. The van der Waals surface area contributed by atoms with Crippen molar-refractivity contribution >= 4 is 28.3 Å². The first-order valence-corrected chi connectivity index (χ1v) is 13.6. The number of hydrogen-bond acceptors (Lipinski definition) is 4. The smallest absolute Gasteiger partial charge is 0.337 e. The number of methoxy groups -OCH3 is 1. The summed E-state index contributed by atoms with van der Waals surface area (Å²) in [6.07, 6.45) is 7.54. The summed E-state index contributed by atoms with van der Waals surface area (Å²) in [5, 5.41) is 11.8. The van der Waals surface area contributed by atoms with Gasteiger partial charge in [-0.15, -0.1) is 0 Å². The summed E-state index contributed by atoms with van der Waals surface area (Å²) in [7, 11) is 1.63. The van der Waals surface area contributed by atoms with Crippen LogP contribution in [0.4, 0.5) is 0 Å². The molecule has 37 heavy (non-hydrogen) atoms. The molecule has 0 heterocycles.